The molecule has 1 aliphatic heterocycles. The van der Waals surface area contributed by atoms with Crippen molar-refractivity contribution in [3.05, 3.63) is 64.5 Å². The maximum atomic E-state index is 11.5. The van der Waals surface area contributed by atoms with Crippen molar-refractivity contribution >= 4 is 27.4 Å². The third-order valence-electron chi connectivity index (χ3n) is 7.67. The smallest absolute Gasteiger partial charge is 0.341 e. The van der Waals surface area contributed by atoms with E-state index in [0.29, 0.717) is 38.6 Å². The summed E-state index contributed by atoms with van der Waals surface area (Å²) in [6.07, 6.45) is 6.25. The average molecular weight is 613 g/mol. The van der Waals surface area contributed by atoms with Gasteiger partial charge in [0, 0.05) is 47.8 Å². The lowest BCUT2D eigenvalue weighted by Crippen LogP contribution is -2.48. The predicted molar refractivity (Wildman–Crippen MR) is 171 cm³/mol. The van der Waals surface area contributed by atoms with Crippen LogP contribution in [-0.4, -0.2) is 62.4 Å². The lowest BCUT2D eigenvalue weighted by molar-refractivity contribution is -0.213. The fourth-order valence-corrected chi connectivity index (χ4v) is 6.47. The van der Waals surface area contributed by atoms with Crippen LogP contribution in [0.3, 0.4) is 0 Å². The summed E-state index contributed by atoms with van der Waals surface area (Å²) in [5.74, 6) is -0.528. The van der Waals surface area contributed by atoms with E-state index in [0.717, 1.165) is 56.1 Å². The van der Waals surface area contributed by atoms with E-state index in [-0.39, 0.29) is 18.3 Å². The number of ether oxygens (including phenoxy) is 5. The average Bonchev–Trinajstić information content (AvgIpc) is 3.42. The topological polar surface area (TPSA) is 83.5 Å². The van der Waals surface area contributed by atoms with Gasteiger partial charge >= 0.3 is 5.97 Å². The fraction of sp³-hybridized carbons (Fsp3) is 0.571. The maximum Gasteiger partial charge on any atom is 0.341 e. The summed E-state index contributed by atoms with van der Waals surface area (Å²) in [7, 11) is 0. The minimum absolute atomic E-state index is 0.180. The molecular formula is C35H48O7S. The number of carboxylic acids is 1. The van der Waals surface area contributed by atoms with Gasteiger partial charge in [0.25, 0.3) is 0 Å². The highest BCUT2D eigenvalue weighted by molar-refractivity contribution is 7.19. The van der Waals surface area contributed by atoms with Crippen molar-refractivity contribution in [1.29, 1.82) is 0 Å². The number of hydrogen-bond donors (Lipinski definition) is 1. The van der Waals surface area contributed by atoms with Crippen LogP contribution in [-0.2, 0) is 30.2 Å². The number of carbonyl (C=O) groups is 1. The third-order valence-corrected chi connectivity index (χ3v) is 8.79. The summed E-state index contributed by atoms with van der Waals surface area (Å²) >= 11 is 1.79. The zero-order valence-corrected chi connectivity index (χ0v) is 26.7. The molecule has 1 saturated heterocycles. The van der Waals surface area contributed by atoms with E-state index in [1.807, 2.05) is 12.1 Å². The number of hydrogen-bond acceptors (Lipinski definition) is 7. The van der Waals surface area contributed by atoms with Crippen molar-refractivity contribution in [2.24, 2.45) is 0 Å². The van der Waals surface area contributed by atoms with Crippen LogP contribution in [0.25, 0.3) is 10.1 Å². The second-order valence-corrected chi connectivity index (χ2v) is 12.4. The molecule has 4 atom stereocenters. The Hall–Kier alpha value is -2.49. The molecule has 1 fully saturated rings. The Bertz CT molecular complexity index is 1220. The summed E-state index contributed by atoms with van der Waals surface area (Å²) in [6.45, 7) is 8.43. The van der Waals surface area contributed by atoms with E-state index in [9.17, 15) is 9.90 Å². The van der Waals surface area contributed by atoms with Crippen LogP contribution in [0, 0.1) is 0 Å². The predicted octanol–water partition coefficient (Wildman–Crippen LogP) is 7.97. The number of thiophene rings is 1. The maximum absolute atomic E-state index is 11.5. The quantitative estimate of drug-likeness (QED) is 0.137. The van der Waals surface area contributed by atoms with E-state index in [2.05, 4.69) is 57.2 Å². The molecule has 7 nitrogen and oxygen atoms in total. The zero-order valence-electron chi connectivity index (χ0n) is 25.9. The van der Waals surface area contributed by atoms with E-state index in [1.165, 1.54) is 15.0 Å². The van der Waals surface area contributed by atoms with Gasteiger partial charge < -0.3 is 28.8 Å². The lowest BCUT2D eigenvalue weighted by atomic mass is 9.91. The number of aliphatic carboxylic acids is 1. The van der Waals surface area contributed by atoms with Crippen molar-refractivity contribution in [2.75, 3.05) is 33.0 Å². The van der Waals surface area contributed by atoms with Crippen LogP contribution < -0.4 is 4.74 Å². The molecule has 0 spiro atoms. The fourth-order valence-electron chi connectivity index (χ4n) is 5.37. The normalized spacial score (nSPS) is 20.4. The number of carboxylic acid groups (broad SMARTS) is 1. The van der Waals surface area contributed by atoms with Gasteiger partial charge in [-0.3, -0.25) is 0 Å². The first-order chi connectivity index (χ1) is 21.0. The van der Waals surface area contributed by atoms with Crippen molar-refractivity contribution < 1.29 is 33.6 Å². The molecular weight excluding hydrogens is 564 g/mol. The molecule has 43 heavy (non-hydrogen) atoms. The Morgan fingerprint density at radius 1 is 0.953 bits per heavy atom. The largest absolute Gasteiger partial charge is 0.482 e. The molecule has 3 aromatic rings. The summed E-state index contributed by atoms with van der Waals surface area (Å²) in [5.41, 5.74) is 1.90. The molecule has 2 aromatic carbocycles. The standard InChI is InChI=1S/C35H48O7S/c1-4-7-16-38-23-27-22-31(39-17-8-5-2)35(40-18-9-6-3)34(42-27)29-20-25(14-15-30(29)41-24-33(36)37)19-28-21-26-12-10-11-13-32(26)43-28/h10-15,20-21,27,31,34-35H,4-9,16-19,22-24H2,1-3H3,(H,36,37)/t27-,31-,34-,35+/m0/s1. The molecule has 1 aliphatic rings. The summed E-state index contributed by atoms with van der Waals surface area (Å²) in [5, 5.41) is 10.7. The first-order valence-corrected chi connectivity index (χ1v) is 16.7. The number of unbranched alkanes of at least 4 members (excludes halogenated alkanes) is 3. The van der Waals surface area contributed by atoms with E-state index < -0.39 is 18.7 Å². The SMILES string of the molecule is CCCCOC[C@@H]1C[C@H](OCCCC)[C@@H](OCCCC)[C@H](c2cc(Cc3cc4ccccc4s3)ccc2OCC(=O)O)O1. The van der Waals surface area contributed by atoms with Gasteiger partial charge in [-0.1, -0.05) is 64.3 Å². The highest BCUT2D eigenvalue weighted by Crippen LogP contribution is 2.41. The van der Waals surface area contributed by atoms with Gasteiger partial charge in [0.1, 0.15) is 18.0 Å². The molecule has 4 rings (SSSR count). The molecule has 1 N–H and O–H groups in total. The molecule has 0 bridgehead atoms. The molecule has 8 heteroatoms. The van der Waals surface area contributed by atoms with E-state index in [4.69, 9.17) is 23.7 Å². The van der Waals surface area contributed by atoms with Crippen LogP contribution in [0.15, 0.2) is 48.5 Å². The minimum atomic E-state index is -1.02. The van der Waals surface area contributed by atoms with Crippen molar-refractivity contribution in [3.63, 3.8) is 0 Å². The highest BCUT2D eigenvalue weighted by Gasteiger charge is 2.42. The van der Waals surface area contributed by atoms with Gasteiger partial charge in [0.2, 0.25) is 0 Å². The van der Waals surface area contributed by atoms with Gasteiger partial charge in [-0.25, -0.2) is 4.79 Å². The summed E-state index contributed by atoms with van der Waals surface area (Å²) < 4.78 is 32.9. The van der Waals surface area contributed by atoms with Crippen LogP contribution in [0.5, 0.6) is 5.75 Å². The Morgan fingerprint density at radius 2 is 1.70 bits per heavy atom. The van der Waals surface area contributed by atoms with E-state index >= 15 is 0 Å². The summed E-state index contributed by atoms with van der Waals surface area (Å²) in [4.78, 5) is 12.8. The van der Waals surface area contributed by atoms with Crippen molar-refractivity contribution in [3.8, 4) is 5.75 Å². The van der Waals surface area contributed by atoms with Crippen LogP contribution in [0.4, 0.5) is 0 Å². The minimum Gasteiger partial charge on any atom is -0.482 e. The van der Waals surface area contributed by atoms with Crippen molar-refractivity contribution in [1.82, 2.24) is 0 Å². The number of rotatable bonds is 19. The molecule has 0 saturated carbocycles. The third kappa shape index (κ3) is 10.0. The van der Waals surface area contributed by atoms with Crippen LogP contribution in [0.2, 0.25) is 0 Å². The van der Waals surface area contributed by atoms with Gasteiger partial charge in [0.15, 0.2) is 6.61 Å². The number of fused-ring (bicyclic) bond motifs is 1. The monoisotopic (exact) mass is 612 g/mol. The molecule has 2 heterocycles. The first kappa shape index (κ1) is 33.4. The Balaban J connectivity index is 1.68. The van der Waals surface area contributed by atoms with Gasteiger partial charge in [-0.15, -0.1) is 11.3 Å². The molecule has 1 aromatic heterocycles. The first-order valence-electron chi connectivity index (χ1n) is 15.9. The lowest BCUT2D eigenvalue weighted by Gasteiger charge is -2.42. The van der Waals surface area contributed by atoms with Crippen LogP contribution in [0.1, 0.15) is 87.8 Å². The number of benzene rings is 2. The molecule has 0 amide bonds. The van der Waals surface area contributed by atoms with Gasteiger partial charge in [-0.2, -0.15) is 0 Å². The second-order valence-electron chi connectivity index (χ2n) is 11.3. The highest BCUT2D eigenvalue weighted by atomic mass is 32.1. The molecule has 236 valence electrons. The summed E-state index contributed by atoms with van der Waals surface area (Å²) in [6, 6.07) is 16.6. The zero-order chi connectivity index (χ0) is 30.4. The Kier molecular flexibility index (Phi) is 13.8. The molecule has 0 unspecified atom stereocenters. The second kappa shape index (κ2) is 17.7. The van der Waals surface area contributed by atoms with Gasteiger partial charge in [0.05, 0.1) is 18.8 Å². The Morgan fingerprint density at radius 3 is 2.44 bits per heavy atom. The Labute approximate surface area is 260 Å². The van der Waals surface area contributed by atoms with E-state index in [1.54, 1.807) is 11.3 Å². The van der Waals surface area contributed by atoms with Gasteiger partial charge in [-0.05, 0) is 54.5 Å². The van der Waals surface area contributed by atoms with Crippen molar-refractivity contribution in [2.45, 2.75) is 96.6 Å². The molecule has 0 aliphatic carbocycles. The van der Waals surface area contributed by atoms with Crippen LogP contribution >= 0.6 is 11.3 Å². The molecule has 0 radical (unpaired) electrons.